The van der Waals surface area contributed by atoms with Gasteiger partial charge in [0.2, 0.25) is 0 Å². The molecule has 8 heteroatoms. The quantitative estimate of drug-likeness (QED) is 0.641. The number of halogens is 2. The molecule has 0 radical (unpaired) electrons. The van der Waals surface area contributed by atoms with Crippen molar-refractivity contribution in [2.45, 2.75) is 17.6 Å². The number of thioether (sulfide) groups is 1. The summed E-state index contributed by atoms with van der Waals surface area (Å²) in [5.41, 5.74) is 0.676. The van der Waals surface area contributed by atoms with Gasteiger partial charge in [0, 0.05) is 10.6 Å². The fraction of sp³-hybridized carbons (Fsp3) is 0.200. The lowest BCUT2D eigenvalue weighted by Crippen LogP contribution is -2.21. The van der Waals surface area contributed by atoms with Crippen LogP contribution in [0.15, 0.2) is 45.9 Å². The minimum absolute atomic E-state index is 0.256. The molecule has 2 aromatic rings. The van der Waals surface area contributed by atoms with Gasteiger partial charge in [0.25, 0.3) is 11.7 Å². The predicted octanol–water partition coefficient (Wildman–Crippen LogP) is 3.70. The van der Waals surface area contributed by atoms with Gasteiger partial charge in [-0.15, -0.1) is 0 Å². The average Bonchev–Trinajstić information content (AvgIpc) is 2.92. The Bertz CT molecular complexity index is 685. The lowest BCUT2D eigenvalue weighted by Gasteiger charge is -2.07. The summed E-state index contributed by atoms with van der Waals surface area (Å²) in [6, 6.07) is 7.37. The third-order valence-electron chi connectivity index (χ3n) is 2.78. The number of alkyl halides is 2. The van der Waals surface area contributed by atoms with E-state index < -0.39 is 24.2 Å². The number of aryl methyl sites for hydroxylation is 1. The molecule has 2 rings (SSSR count). The van der Waals surface area contributed by atoms with Gasteiger partial charge in [-0.3, -0.25) is 4.79 Å². The van der Waals surface area contributed by atoms with Crippen molar-refractivity contribution in [2.24, 2.45) is 0 Å². The van der Waals surface area contributed by atoms with Gasteiger partial charge in [0.05, 0.1) is 6.26 Å². The van der Waals surface area contributed by atoms with Crippen LogP contribution in [0.2, 0.25) is 0 Å². The molecule has 5 nitrogen and oxygen atoms in total. The molecule has 1 aromatic carbocycles. The van der Waals surface area contributed by atoms with Gasteiger partial charge in [-0.2, -0.15) is 8.78 Å². The van der Waals surface area contributed by atoms with Crippen LogP contribution in [0.3, 0.4) is 0 Å². The van der Waals surface area contributed by atoms with Gasteiger partial charge >= 0.3 is 5.97 Å². The van der Waals surface area contributed by atoms with Crippen LogP contribution in [0.4, 0.5) is 14.5 Å². The van der Waals surface area contributed by atoms with Crippen molar-refractivity contribution in [1.29, 1.82) is 0 Å². The van der Waals surface area contributed by atoms with Crippen LogP contribution >= 0.6 is 11.8 Å². The van der Waals surface area contributed by atoms with Gasteiger partial charge in [-0.25, -0.2) is 4.79 Å². The lowest BCUT2D eigenvalue weighted by atomic mass is 10.3. The highest BCUT2D eigenvalue weighted by molar-refractivity contribution is 7.99. The Kier molecular flexibility index (Phi) is 5.75. The molecule has 0 aliphatic rings. The molecule has 1 amide bonds. The monoisotopic (exact) mass is 341 g/mol. The molecule has 0 saturated carbocycles. The fourth-order valence-corrected chi connectivity index (χ4v) is 2.22. The Morgan fingerprint density at radius 3 is 2.52 bits per heavy atom. The molecule has 0 saturated heterocycles. The fourth-order valence-electron chi connectivity index (χ4n) is 1.72. The molecule has 0 fully saturated rings. The van der Waals surface area contributed by atoms with E-state index >= 15 is 0 Å². The third kappa shape index (κ3) is 5.10. The SMILES string of the molecule is Cc1occc1C(=O)OCC(=O)Nc1ccc(SC(F)F)cc1. The first kappa shape index (κ1) is 17.0. The van der Waals surface area contributed by atoms with Gasteiger partial charge in [0.1, 0.15) is 11.3 Å². The van der Waals surface area contributed by atoms with E-state index in [4.69, 9.17) is 9.15 Å². The van der Waals surface area contributed by atoms with Crippen LogP contribution in [0, 0.1) is 6.92 Å². The number of anilines is 1. The highest BCUT2D eigenvalue weighted by Gasteiger charge is 2.14. The highest BCUT2D eigenvalue weighted by atomic mass is 32.2. The summed E-state index contributed by atoms with van der Waals surface area (Å²) in [4.78, 5) is 23.8. The third-order valence-corrected chi connectivity index (χ3v) is 3.50. The smallest absolute Gasteiger partial charge is 0.342 e. The molecule has 0 unspecified atom stereocenters. The van der Waals surface area contributed by atoms with Crippen LogP contribution in [0.1, 0.15) is 16.1 Å². The summed E-state index contributed by atoms with van der Waals surface area (Å²) in [5, 5.41) is 2.50. The molecule has 0 atom stereocenters. The number of esters is 1. The Balaban J connectivity index is 1.83. The number of carbonyl (C=O) groups is 2. The molecule has 23 heavy (non-hydrogen) atoms. The molecule has 0 spiro atoms. The number of ether oxygens (including phenoxy) is 1. The van der Waals surface area contributed by atoms with Crippen molar-refractivity contribution in [3.8, 4) is 0 Å². The molecule has 1 aromatic heterocycles. The summed E-state index contributed by atoms with van der Waals surface area (Å²) in [6.07, 6.45) is 1.35. The van der Waals surface area contributed by atoms with Crippen LogP contribution in [-0.2, 0) is 9.53 Å². The molecule has 0 bridgehead atoms. The van der Waals surface area contributed by atoms with E-state index in [0.717, 1.165) is 0 Å². The average molecular weight is 341 g/mol. The van der Waals surface area contributed by atoms with Crippen molar-refractivity contribution in [3.63, 3.8) is 0 Å². The van der Waals surface area contributed by atoms with Crippen molar-refractivity contribution < 1.29 is 27.5 Å². The van der Waals surface area contributed by atoms with Crippen LogP contribution in [0.5, 0.6) is 0 Å². The topological polar surface area (TPSA) is 68.5 Å². The summed E-state index contributed by atoms with van der Waals surface area (Å²) in [7, 11) is 0. The normalized spacial score (nSPS) is 10.6. The zero-order chi connectivity index (χ0) is 16.8. The summed E-state index contributed by atoms with van der Waals surface area (Å²) >= 11 is 0.416. The van der Waals surface area contributed by atoms with Crippen LogP contribution < -0.4 is 5.32 Å². The molecule has 122 valence electrons. The van der Waals surface area contributed by atoms with Crippen molar-refractivity contribution >= 4 is 29.3 Å². The summed E-state index contributed by atoms with van der Waals surface area (Å²) in [6.45, 7) is 1.15. The van der Waals surface area contributed by atoms with E-state index in [1.54, 1.807) is 6.92 Å². The number of nitrogens with one attached hydrogen (secondary N) is 1. The number of carbonyl (C=O) groups excluding carboxylic acids is 2. The van der Waals surface area contributed by atoms with Crippen LogP contribution in [-0.4, -0.2) is 24.2 Å². The Hall–Kier alpha value is -2.35. The largest absolute Gasteiger partial charge is 0.469 e. The molecular weight excluding hydrogens is 328 g/mol. The number of furan rings is 1. The second kappa shape index (κ2) is 7.77. The van der Waals surface area contributed by atoms with Crippen LogP contribution in [0.25, 0.3) is 0 Å². The predicted molar refractivity (Wildman–Crippen MR) is 80.7 cm³/mol. The number of rotatable bonds is 6. The zero-order valence-corrected chi connectivity index (χ0v) is 12.9. The number of amides is 1. The van der Waals surface area contributed by atoms with E-state index in [-0.39, 0.29) is 5.56 Å². The van der Waals surface area contributed by atoms with Gasteiger partial charge in [0.15, 0.2) is 6.61 Å². The van der Waals surface area contributed by atoms with Crippen molar-refractivity contribution in [1.82, 2.24) is 0 Å². The van der Waals surface area contributed by atoms with Crippen molar-refractivity contribution in [3.05, 3.63) is 47.9 Å². The van der Waals surface area contributed by atoms with Gasteiger partial charge < -0.3 is 14.5 Å². The maximum absolute atomic E-state index is 12.2. The minimum atomic E-state index is -2.50. The number of hydrogen-bond donors (Lipinski definition) is 1. The lowest BCUT2D eigenvalue weighted by molar-refractivity contribution is -0.119. The zero-order valence-electron chi connectivity index (χ0n) is 12.0. The number of hydrogen-bond acceptors (Lipinski definition) is 5. The van der Waals surface area contributed by atoms with E-state index in [0.29, 0.717) is 28.1 Å². The Morgan fingerprint density at radius 1 is 1.26 bits per heavy atom. The first-order valence-electron chi connectivity index (χ1n) is 6.51. The minimum Gasteiger partial charge on any atom is -0.469 e. The molecule has 1 heterocycles. The Labute approximate surface area is 135 Å². The maximum atomic E-state index is 12.2. The molecular formula is C15H13F2NO4S. The first-order valence-corrected chi connectivity index (χ1v) is 7.39. The standard InChI is InChI=1S/C15H13F2NO4S/c1-9-12(6-7-21-9)14(20)22-8-13(19)18-10-2-4-11(5-3-10)23-15(16)17/h2-7,15H,8H2,1H3,(H,18,19). The Morgan fingerprint density at radius 2 is 1.96 bits per heavy atom. The van der Waals surface area contributed by atoms with Gasteiger partial charge in [-0.1, -0.05) is 11.8 Å². The molecule has 0 aliphatic carbocycles. The molecule has 0 aliphatic heterocycles. The van der Waals surface area contributed by atoms with Crippen molar-refractivity contribution in [2.75, 3.05) is 11.9 Å². The summed E-state index contributed by atoms with van der Waals surface area (Å²) < 4.78 is 34.2. The van der Waals surface area contributed by atoms with Gasteiger partial charge in [-0.05, 0) is 37.3 Å². The first-order chi connectivity index (χ1) is 11.0. The number of benzene rings is 1. The second-order valence-electron chi connectivity index (χ2n) is 4.42. The highest BCUT2D eigenvalue weighted by Crippen LogP contribution is 2.26. The second-order valence-corrected chi connectivity index (χ2v) is 5.48. The molecule has 1 N–H and O–H groups in total. The van der Waals surface area contributed by atoms with E-state index in [1.807, 2.05) is 0 Å². The maximum Gasteiger partial charge on any atom is 0.342 e. The van der Waals surface area contributed by atoms with E-state index in [9.17, 15) is 18.4 Å². The van der Waals surface area contributed by atoms with E-state index in [2.05, 4.69) is 5.32 Å². The summed E-state index contributed by atoms with van der Waals surface area (Å²) in [5.74, 6) is -3.28. The van der Waals surface area contributed by atoms with E-state index in [1.165, 1.54) is 36.6 Å².